The molecule has 1 aliphatic rings. The number of hydrogen-bond donors (Lipinski definition) is 2. The normalized spacial score (nSPS) is 36.5. The third kappa shape index (κ3) is 6.93. The molecule has 0 aromatic carbocycles. The average Bonchev–Trinajstić information content (AvgIpc) is 2.43. The minimum atomic E-state index is -0.858. The van der Waals surface area contributed by atoms with Gasteiger partial charge in [-0.1, -0.05) is 44.2 Å². The van der Waals surface area contributed by atoms with Gasteiger partial charge in [0, 0.05) is 0 Å². The van der Waals surface area contributed by atoms with E-state index in [-0.39, 0.29) is 0 Å². The number of rotatable bonds is 1. The van der Waals surface area contributed by atoms with Gasteiger partial charge in [-0.05, 0) is 69.8 Å². The molecular formula is C20H34O2. The number of hydrogen-bond acceptors (Lipinski definition) is 2. The van der Waals surface area contributed by atoms with E-state index in [9.17, 15) is 10.2 Å². The molecule has 0 aromatic heterocycles. The first-order chi connectivity index (χ1) is 10.2. The Kier molecular flexibility index (Phi) is 7.58. The zero-order valence-electron chi connectivity index (χ0n) is 14.8. The van der Waals surface area contributed by atoms with Crippen LogP contribution in [0.2, 0.25) is 0 Å². The minimum absolute atomic E-state index is 0.484. The van der Waals surface area contributed by atoms with E-state index in [0.717, 1.165) is 31.3 Å². The van der Waals surface area contributed by atoms with Crippen LogP contribution in [0.4, 0.5) is 0 Å². The molecule has 0 aromatic rings. The first-order valence-electron chi connectivity index (χ1n) is 8.64. The molecule has 2 heteroatoms. The van der Waals surface area contributed by atoms with Crippen LogP contribution < -0.4 is 0 Å². The predicted molar refractivity (Wildman–Crippen MR) is 94.7 cm³/mol. The highest BCUT2D eigenvalue weighted by Gasteiger charge is 2.21. The lowest BCUT2D eigenvalue weighted by molar-refractivity contribution is 0.0794. The minimum Gasteiger partial charge on any atom is -0.389 e. The van der Waals surface area contributed by atoms with Crippen LogP contribution in [0.15, 0.2) is 36.0 Å². The van der Waals surface area contributed by atoms with Crippen molar-refractivity contribution in [3.63, 3.8) is 0 Å². The molecule has 0 fully saturated rings. The van der Waals surface area contributed by atoms with Gasteiger partial charge in [0.2, 0.25) is 0 Å². The summed E-state index contributed by atoms with van der Waals surface area (Å²) in [5.74, 6) is 1.05. The predicted octanol–water partition coefficient (Wildman–Crippen LogP) is 4.78. The molecule has 2 N–H and O–H groups in total. The smallest absolute Gasteiger partial charge is 0.0800 e. The van der Waals surface area contributed by atoms with Crippen molar-refractivity contribution in [2.75, 3.05) is 0 Å². The summed E-state index contributed by atoms with van der Waals surface area (Å²) in [5, 5.41) is 20.7. The van der Waals surface area contributed by atoms with Crippen molar-refractivity contribution in [2.45, 2.75) is 77.9 Å². The van der Waals surface area contributed by atoms with Crippen molar-refractivity contribution in [2.24, 2.45) is 11.8 Å². The van der Waals surface area contributed by atoms with Crippen LogP contribution in [0.3, 0.4) is 0 Å². The van der Waals surface area contributed by atoms with E-state index in [2.05, 4.69) is 39.5 Å². The molecule has 0 amide bonds. The Morgan fingerprint density at radius 1 is 1.27 bits per heavy atom. The molecule has 1 aliphatic carbocycles. The highest BCUT2D eigenvalue weighted by Crippen LogP contribution is 2.26. The molecule has 0 spiro atoms. The van der Waals surface area contributed by atoms with E-state index in [1.165, 1.54) is 5.57 Å². The third-order valence-electron chi connectivity index (χ3n) is 4.78. The molecule has 3 atom stereocenters. The lowest BCUT2D eigenvalue weighted by atomic mass is 9.86. The van der Waals surface area contributed by atoms with Gasteiger partial charge in [-0.3, -0.25) is 0 Å². The van der Waals surface area contributed by atoms with Gasteiger partial charge in [0.15, 0.2) is 0 Å². The molecule has 1 rings (SSSR count). The van der Waals surface area contributed by atoms with Crippen LogP contribution in [0.1, 0.15) is 66.2 Å². The van der Waals surface area contributed by atoms with Gasteiger partial charge in [-0.25, -0.2) is 0 Å². The Morgan fingerprint density at radius 2 is 1.95 bits per heavy atom. The van der Waals surface area contributed by atoms with Gasteiger partial charge in [0.05, 0.1) is 11.7 Å². The van der Waals surface area contributed by atoms with Crippen LogP contribution >= 0.6 is 0 Å². The Bertz CT molecular complexity index is 415. The summed E-state index contributed by atoms with van der Waals surface area (Å²) >= 11 is 0. The second kappa shape index (κ2) is 8.69. The molecular weight excluding hydrogens is 272 g/mol. The van der Waals surface area contributed by atoms with Gasteiger partial charge < -0.3 is 10.2 Å². The summed E-state index contributed by atoms with van der Waals surface area (Å²) in [4.78, 5) is 0. The van der Waals surface area contributed by atoms with Crippen LogP contribution in [0.25, 0.3) is 0 Å². The second-order valence-corrected chi connectivity index (χ2v) is 7.46. The third-order valence-corrected chi connectivity index (χ3v) is 4.78. The fourth-order valence-electron chi connectivity index (χ4n) is 2.87. The molecule has 0 saturated carbocycles. The lowest BCUT2D eigenvalue weighted by Crippen LogP contribution is -2.24. The summed E-state index contributed by atoms with van der Waals surface area (Å²) < 4.78 is 0. The van der Waals surface area contributed by atoms with Gasteiger partial charge >= 0.3 is 0 Å². The highest BCUT2D eigenvalue weighted by molar-refractivity contribution is 5.09. The molecule has 2 nitrogen and oxygen atoms in total. The van der Waals surface area contributed by atoms with E-state index >= 15 is 0 Å². The van der Waals surface area contributed by atoms with Gasteiger partial charge in [0.25, 0.3) is 0 Å². The molecule has 0 radical (unpaired) electrons. The van der Waals surface area contributed by atoms with Crippen molar-refractivity contribution in [1.82, 2.24) is 0 Å². The fourth-order valence-corrected chi connectivity index (χ4v) is 2.87. The quantitative estimate of drug-likeness (QED) is 0.684. The number of aliphatic hydroxyl groups is 2. The van der Waals surface area contributed by atoms with Crippen LogP contribution in [0, 0.1) is 11.8 Å². The maximum atomic E-state index is 10.5. The topological polar surface area (TPSA) is 40.5 Å². The zero-order valence-corrected chi connectivity index (χ0v) is 14.8. The Hall–Kier alpha value is -0.860. The van der Waals surface area contributed by atoms with Crippen LogP contribution in [-0.4, -0.2) is 21.9 Å². The summed E-state index contributed by atoms with van der Waals surface area (Å²) in [7, 11) is 0. The van der Waals surface area contributed by atoms with Crippen molar-refractivity contribution in [3.05, 3.63) is 36.0 Å². The van der Waals surface area contributed by atoms with E-state index in [0.29, 0.717) is 24.7 Å². The largest absolute Gasteiger partial charge is 0.389 e. The van der Waals surface area contributed by atoms with Crippen molar-refractivity contribution >= 4 is 0 Å². The Morgan fingerprint density at radius 3 is 2.59 bits per heavy atom. The van der Waals surface area contributed by atoms with Crippen molar-refractivity contribution in [3.8, 4) is 0 Å². The first-order valence-corrected chi connectivity index (χ1v) is 8.64. The molecule has 22 heavy (non-hydrogen) atoms. The lowest BCUT2D eigenvalue weighted by Gasteiger charge is -2.24. The molecule has 126 valence electrons. The van der Waals surface area contributed by atoms with Crippen LogP contribution in [0.5, 0.6) is 0 Å². The van der Waals surface area contributed by atoms with Gasteiger partial charge in [-0.15, -0.1) is 0 Å². The number of aliphatic hydroxyl groups excluding tert-OH is 1. The van der Waals surface area contributed by atoms with E-state index in [1.807, 2.05) is 13.0 Å². The summed E-state index contributed by atoms with van der Waals surface area (Å²) in [6, 6.07) is 0. The maximum absolute atomic E-state index is 10.5. The SMILES string of the molecule is C=C1CC/C=C(\C)CC[C@@H](C(C)C)/C=C/[C@](C)(O)CC[C@@H]1O. The number of allylic oxidation sites excluding steroid dienone is 3. The highest BCUT2D eigenvalue weighted by atomic mass is 16.3. The molecule has 0 unspecified atom stereocenters. The molecule has 0 aliphatic heterocycles. The van der Waals surface area contributed by atoms with E-state index in [4.69, 9.17) is 0 Å². The Balaban J connectivity index is 2.89. The summed E-state index contributed by atoms with van der Waals surface area (Å²) in [6.45, 7) is 12.5. The standard InChI is InChI=1S/C20H34O2/c1-15(2)18-10-9-16(3)7-6-8-17(4)19(21)12-14-20(5,22)13-11-18/h7,11,13,15,18-19,21-22H,4,6,8-10,12,14H2,1-3,5H3/b13-11+,16-7+/t18-,19+,20+/m1/s1. The van der Waals surface area contributed by atoms with Gasteiger partial charge in [-0.2, -0.15) is 0 Å². The summed E-state index contributed by atoms with van der Waals surface area (Å²) in [6.07, 6.45) is 11.0. The average molecular weight is 306 g/mol. The van der Waals surface area contributed by atoms with E-state index < -0.39 is 11.7 Å². The summed E-state index contributed by atoms with van der Waals surface area (Å²) in [5.41, 5.74) is 1.43. The molecule has 0 heterocycles. The zero-order chi connectivity index (χ0) is 16.8. The molecule has 0 saturated heterocycles. The van der Waals surface area contributed by atoms with Crippen molar-refractivity contribution in [1.29, 1.82) is 0 Å². The second-order valence-electron chi connectivity index (χ2n) is 7.46. The Labute approximate surface area is 136 Å². The fraction of sp³-hybridized carbons (Fsp3) is 0.700. The van der Waals surface area contributed by atoms with Crippen LogP contribution in [-0.2, 0) is 0 Å². The van der Waals surface area contributed by atoms with Gasteiger partial charge in [0.1, 0.15) is 0 Å². The first kappa shape index (κ1) is 19.2. The maximum Gasteiger partial charge on any atom is 0.0800 e. The van der Waals surface area contributed by atoms with Crippen molar-refractivity contribution < 1.29 is 10.2 Å². The monoisotopic (exact) mass is 306 g/mol. The van der Waals surface area contributed by atoms with E-state index in [1.54, 1.807) is 0 Å². The molecule has 0 bridgehead atoms.